The molecule has 0 aromatic heterocycles. The summed E-state index contributed by atoms with van der Waals surface area (Å²) < 4.78 is 26.2. The first-order chi connectivity index (χ1) is 11.4. The molecule has 0 aliphatic heterocycles. The van der Waals surface area contributed by atoms with Crippen molar-refractivity contribution in [3.05, 3.63) is 70.8 Å². The maximum atomic E-state index is 13.3. The van der Waals surface area contributed by atoms with Crippen LogP contribution in [0.25, 0.3) is 0 Å². The minimum atomic E-state index is -0.948. The molecule has 4 nitrogen and oxygen atoms in total. The maximum Gasteiger partial charge on any atom is 0.251 e. The molecule has 2 N–H and O–H groups in total. The molecule has 0 saturated carbocycles. The van der Waals surface area contributed by atoms with Gasteiger partial charge in [0.15, 0.2) is 11.6 Å². The molecule has 6 heteroatoms. The van der Waals surface area contributed by atoms with E-state index >= 15 is 0 Å². The second kappa shape index (κ2) is 7.68. The third-order valence-corrected chi connectivity index (χ3v) is 3.55. The van der Waals surface area contributed by atoms with Crippen LogP contribution in [0.5, 0.6) is 0 Å². The predicted molar refractivity (Wildman–Crippen MR) is 86.2 cm³/mol. The molecule has 0 aliphatic rings. The van der Waals surface area contributed by atoms with Crippen molar-refractivity contribution in [2.75, 3.05) is 0 Å². The van der Waals surface area contributed by atoms with Gasteiger partial charge in [-0.15, -0.1) is 0 Å². The normalized spacial score (nSPS) is 11.7. The lowest BCUT2D eigenvalue weighted by molar-refractivity contribution is -0.119. The molecule has 24 heavy (non-hydrogen) atoms. The van der Waals surface area contributed by atoms with Crippen LogP contribution >= 0.6 is 0 Å². The second-order valence-corrected chi connectivity index (χ2v) is 5.48. The molecule has 0 heterocycles. The van der Waals surface area contributed by atoms with Crippen molar-refractivity contribution < 1.29 is 18.4 Å². The van der Waals surface area contributed by atoms with Crippen LogP contribution in [0, 0.1) is 11.6 Å². The van der Waals surface area contributed by atoms with Crippen molar-refractivity contribution in [1.29, 1.82) is 0 Å². The average Bonchev–Trinajstić information content (AvgIpc) is 2.55. The third-order valence-electron chi connectivity index (χ3n) is 3.55. The third kappa shape index (κ3) is 4.62. The SMILES string of the molecule is CC(=O)NCc1ccc(C(=O)NC(C)c2ccc(F)c(F)c2)cc1. The number of amides is 2. The van der Waals surface area contributed by atoms with Crippen LogP contribution in [0.4, 0.5) is 8.78 Å². The Morgan fingerprint density at radius 2 is 1.71 bits per heavy atom. The van der Waals surface area contributed by atoms with Crippen LogP contribution in [-0.4, -0.2) is 11.8 Å². The number of halogens is 2. The average molecular weight is 332 g/mol. The van der Waals surface area contributed by atoms with Crippen molar-refractivity contribution >= 4 is 11.8 Å². The van der Waals surface area contributed by atoms with Crippen molar-refractivity contribution in [3.63, 3.8) is 0 Å². The summed E-state index contributed by atoms with van der Waals surface area (Å²) in [6, 6.07) is 9.84. The Hall–Kier alpha value is -2.76. The summed E-state index contributed by atoms with van der Waals surface area (Å²) in [5.74, 6) is -2.32. The van der Waals surface area contributed by atoms with E-state index in [1.165, 1.54) is 13.0 Å². The van der Waals surface area contributed by atoms with Gasteiger partial charge in [0.05, 0.1) is 6.04 Å². The van der Waals surface area contributed by atoms with Crippen molar-refractivity contribution in [1.82, 2.24) is 10.6 Å². The quantitative estimate of drug-likeness (QED) is 0.884. The van der Waals surface area contributed by atoms with Gasteiger partial charge >= 0.3 is 0 Å². The highest BCUT2D eigenvalue weighted by Gasteiger charge is 2.13. The highest BCUT2D eigenvalue weighted by atomic mass is 19.2. The number of rotatable bonds is 5. The standard InChI is InChI=1S/C18H18F2N2O2/c1-11(15-7-8-16(19)17(20)9-15)22-18(24)14-5-3-13(4-6-14)10-21-12(2)23/h3-9,11H,10H2,1-2H3,(H,21,23)(H,22,24). The van der Waals surface area contributed by atoms with E-state index < -0.39 is 17.7 Å². The number of carbonyl (C=O) groups excluding carboxylic acids is 2. The van der Waals surface area contributed by atoms with E-state index in [4.69, 9.17) is 0 Å². The van der Waals surface area contributed by atoms with Gasteiger partial charge in [-0.25, -0.2) is 8.78 Å². The van der Waals surface area contributed by atoms with Gasteiger partial charge in [-0.05, 0) is 42.3 Å². The topological polar surface area (TPSA) is 58.2 Å². The fourth-order valence-electron chi connectivity index (χ4n) is 2.15. The summed E-state index contributed by atoms with van der Waals surface area (Å²) in [6.45, 7) is 3.51. The van der Waals surface area contributed by atoms with Crippen LogP contribution in [0.3, 0.4) is 0 Å². The van der Waals surface area contributed by atoms with Crippen LogP contribution < -0.4 is 10.6 Å². The highest BCUT2D eigenvalue weighted by molar-refractivity contribution is 5.94. The fraction of sp³-hybridized carbons (Fsp3) is 0.222. The monoisotopic (exact) mass is 332 g/mol. The highest BCUT2D eigenvalue weighted by Crippen LogP contribution is 2.16. The summed E-state index contributed by atoms with van der Waals surface area (Å²) in [6.07, 6.45) is 0. The van der Waals surface area contributed by atoms with Crippen LogP contribution in [-0.2, 0) is 11.3 Å². The minimum Gasteiger partial charge on any atom is -0.352 e. The predicted octanol–water partition coefficient (Wildman–Crippen LogP) is 3.09. The van der Waals surface area contributed by atoms with E-state index in [1.54, 1.807) is 31.2 Å². The second-order valence-electron chi connectivity index (χ2n) is 5.48. The lowest BCUT2D eigenvalue weighted by Gasteiger charge is -2.15. The Balaban J connectivity index is 2.00. The molecule has 0 fully saturated rings. The van der Waals surface area contributed by atoms with Gasteiger partial charge in [-0.1, -0.05) is 18.2 Å². The van der Waals surface area contributed by atoms with Gasteiger partial charge in [0.1, 0.15) is 0 Å². The van der Waals surface area contributed by atoms with E-state index in [-0.39, 0.29) is 11.8 Å². The molecule has 1 unspecified atom stereocenters. The van der Waals surface area contributed by atoms with Crippen molar-refractivity contribution in [2.45, 2.75) is 26.4 Å². The molecular weight excluding hydrogens is 314 g/mol. The molecule has 0 radical (unpaired) electrons. The number of benzene rings is 2. The number of nitrogens with one attached hydrogen (secondary N) is 2. The van der Waals surface area contributed by atoms with Crippen molar-refractivity contribution in [3.8, 4) is 0 Å². The van der Waals surface area contributed by atoms with Gasteiger partial charge in [0.2, 0.25) is 5.91 Å². The zero-order valence-corrected chi connectivity index (χ0v) is 13.4. The molecular formula is C18H18F2N2O2. The van der Waals surface area contributed by atoms with Gasteiger partial charge in [-0.3, -0.25) is 9.59 Å². The Kier molecular flexibility index (Phi) is 5.63. The van der Waals surface area contributed by atoms with Gasteiger partial charge < -0.3 is 10.6 Å². The smallest absolute Gasteiger partial charge is 0.251 e. The zero-order chi connectivity index (χ0) is 17.7. The molecule has 0 spiro atoms. The largest absolute Gasteiger partial charge is 0.352 e. The summed E-state index contributed by atoms with van der Waals surface area (Å²) in [5.41, 5.74) is 1.79. The van der Waals surface area contributed by atoms with Gasteiger partial charge in [0, 0.05) is 19.0 Å². The van der Waals surface area contributed by atoms with Crippen LogP contribution in [0.2, 0.25) is 0 Å². The Morgan fingerprint density at radius 3 is 2.29 bits per heavy atom. The Morgan fingerprint density at radius 1 is 1.04 bits per heavy atom. The van der Waals surface area contributed by atoms with Crippen LogP contribution in [0.1, 0.15) is 41.4 Å². The summed E-state index contributed by atoms with van der Waals surface area (Å²) >= 11 is 0. The first-order valence-corrected chi connectivity index (χ1v) is 7.46. The van der Waals surface area contributed by atoms with Gasteiger partial charge in [0.25, 0.3) is 5.91 Å². The Labute approximate surface area is 138 Å². The van der Waals surface area contributed by atoms with Gasteiger partial charge in [-0.2, -0.15) is 0 Å². The lowest BCUT2D eigenvalue weighted by Crippen LogP contribution is -2.26. The first-order valence-electron chi connectivity index (χ1n) is 7.46. The molecule has 126 valence electrons. The molecule has 1 atom stereocenters. The summed E-state index contributed by atoms with van der Waals surface area (Å²) in [5, 5.41) is 5.40. The maximum absolute atomic E-state index is 13.3. The van der Waals surface area contributed by atoms with Crippen LogP contribution in [0.15, 0.2) is 42.5 Å². The molecule has 2 aromatic rings. The van der Waals surface area contributed by atoms with E-state index in [1.807, 2.05) is 0 Å². The number of hydrogen-bond acceptors (Lipinski definition) is 2. The van der Waals surface area contributed by atoms with E-state index in [0.717, 1.165) is 17.7 Å². The molecule has 0 bridgehead atoms. The summed E-state index contributed by atoms with van der Waals surface area (Å²) in [7, 11) is 0. The number of carbonyl (C=O) groups is 2. The van der Waals surface area contributed by atoms with E-state index in [9.17, 15) is 18.4 Å². The fourth-order valence-corrected chi connectivity index (χ4v) is 2.15. The molecule has 0 saturated heterocycles. The van der Waals surface area contributed by atoms with E-state index in [2.05, 4.69) is 10.6 Å². The first kappa shape index (κ1) is 17.6. The van der Waals surface area contributed by atoms with Crippen molar-refractivity contribution in [2.24, 2.45) is 0 Å². The lowest BCUT2D eigenvalue weighted by atomic mass is 10.1. The molecule has 0 aliphatic carbocycles. The van der Waals surface area contributed by atoms with E-state index in [0.29, 0.717) is 17.7 Å². The molecule has 2 amide bonds. The molecule has 2 aromatic carbocycles. The minimum absolute atomic E-state index is 0.128. The zero-order valence-electron chi connectivity index (χ0n) is 13.4. The molecule has 2 rings (SSSR count). The summed E-state index contributed by atoms with van der Waals surface area (Å²) in [4.78, 5) is 23.1. The number of hydrogen-bond donors (Lipinski definition) is 2. The Bertz CT molecular complexity index is 745.